The molecule has 0 aromatic heterocycles. The summed E-state index contributed by atoms with van der Waals surface area (Å²) in [6.45, 7) is 0. The molecule has 3 nitrogen and oxygen atoms in total. The Kier molecular flexibility index (Phi) is 8.76. The minimum absolute atomic E-state index is 0.0335. The van der Waals surface area contributed by atoms with E-state index in [1.54, 1.807) is 0 Å². The van der Waals surface area contributed by atoms with Gasteiger partial charge in [-0.25, -0.2) is 0 Å². The van der Waals surface area contributed by atoms with E-state index in [9.17, 15) is 9.59 Å². The first-order valence-corrected chi connectivity index (χ1v) is 12.0. The van der Waals surface area contributed by atoms with E-state index in [4.69, 9.17) is 5.11 Å². The second kappa shape index (κ2) is 11.5. The molecule has 0 spiro atoms. The second-order valence-electron chi connectivity index (χ2n) is 9.28. The van der Waals surface area contributed by atoms with Gasteiger partial charge in [-0.2, -0.15) is 0 Å². The minimum atomic E-state index is -0.872. The maximum Gasteiger partial charge on any atom is 0.304 e. The van der Waals surface area contributed by atoms with Crippen molar-refractivity contribution in [3.63, 3.8) is 0 Å². The number of rotatable bonds is 3. The van der Waals surface area contributed by atoms with Gasteiger partial charge in [-0.15, -0.1) is 0 Å². The van der Waals surface area contributed by atoms with E-state index in [2.05, 4.69) is 12.1 Å². The Morgan fingerprint density at radius 3 is 1.93 bits per heavy atom. The molecule has 0 aliphatic heterocycles. The van der Waals surface area contributed by atoms with Gasteiger partial charge in [0.2, 0.25) is 0 Å². The second-order valence-corrected chi connectivity index (χ2v) is 9.28. The number of Topliss-reactive ketones (excluding diaryl/α,β-unsaturated/α-hetero) is 1. The Bertz CT molecular complexity index is 665. The van der Waals surface area contributed by atoms with Crippen molar-refractivity contribution in [2.45, 2.75) is 109 Å². The van der Waals surface area contributed by atoms with Gasteiger partial charge in [0.1, 0.15) is 0 Å². The van der Waals surface area contributed by atoms with Crippen LogP contribution in [-0.4, -0.2) is 16.9 Å². The summed E-state index contributed by atoms with van der Waals surface area (Å²) in [7, 11) is 0. The first-order chi connectivity index (χ1) is 14.1. The third-order valence-electron chi connectivity index (χ3n) is 7.03. The molecule has 2 aliphatic carbocycles. The smallest absolute Gasteiger partial charge is 0.304 e. The molecule has 1 aromatic rings. The number of aryl methyl sites for hydroxylation is 1. The number of hydrogen-bond acceptors (Lipinski definition) is 2. The van der Waals surface area contributed by atoms with Gasteiger partial charge in [-0.05, 0) is 42.7 Å². The van der Waals surface area contributed by atoms with E-state index in [-0.39, 0.29) is 18.1 Å². The lowest BCUT2D eigenvalue weighted by Gasteiger charge is -2.25. The Balaban J connectivity index is 1.67. The highest BCUT2D eigenvalue weighted by molar-refractivity contribution is 6.01. The van der Waals surface area contributed by atoms with Crippen LogP contribution in [0.25, 0.3) is 0 Å². The number of carbonyl (C=O) groups excluding carboxylic acids is 1. The molecule has 1 N–H and O–H groups in total. The van der Waals surface area contributed by atoms with E-state index < -0.39 is 5.97 Å². The minimum Gasteiger partial charge on any atom is -0.481 e. The van der Waals surface area contributed by atoms with E-state index in [0.29, 0.717) is 12.3 Å². The first-order valence-electron chi connectivity index (χ1n) is 12.0. The van der Waals surface area contributed by atoms with Crippen LogP contribution in [0.5, 0.6) is 0 Å². The standard InChI is InChI=1S/C26H38O3/c27-25(28)19-23-15-14-22-18-21(16-17-24(22)26(23)29)20-12-10-8-6-4-2-1-3-5-7-9-11-13-20/h16-18,20,23H,1-15,19H2,(H,27,28)/t23-/m1/s1. The molecular weight excluding hydrogens is 360 g/mol. The molecule has 2 aliphatic rings. The SMILES string of the molecule is O=C(O)C[C@H]1CCc2cc(C3CCCCCCCCCCCCC3)ccc2C1=O. The molecule has 0 unspecified atom stereocenters. The molecule has 1 saturated carbocycles. The topological polar surface area (TPSA) is 54.4 Å². The fourth-order valence-corrected chi connectivity index (χ4v) is 5.25. The Hall–Kier alpha value is -1.64. The van der Waals surface area contributed by atoms with Crippen molar-refractivity contribution < 1.29 is 14.7 Å². The summed E-state index contributed by atoms with van der Waals surface area (Å²) < 4.78 is 0. The quantitative estimate of drug-likeness (QED) is 0.592. The molecular formula is C26H38O3. The van der Waals surface area contributed by atoms with Crippen molar-refractivity contribution in [2.24, 2.45) is 5.92 Å². The lowest BCUT2D eigenvalue weighted by molar-refractivity contribution is -0.137. The molecule has 0 heterocycles. The van der Waals surface area contributed by atoms with Crippen LogP contribution in [0, 0.1) is 5.92 Å². The van der Waals surface area contributed by atoms with Gasteiger partial charge < -0.3 is 5.11 Å². The predicted molar refractivity (Wildman–Crippen MR) is 118 cm³/mol. The van der Waals surface area contributed by atoms with Gasteiger partial charge in [0.05, 0.1) is 6.42 Å². The van der Waals surface area contributed by atoms with Crippen LogP contribution < -0.4 is 0 Å². The van der Waals surface area contributed by atoms with E-state index in [0.717, 1.165) is 17.5 Å². The van der Waals surface area contributed by atoms with Crippen LogP contribution in [0.15, 0.2) is 18.2 Å². The summed E-state index contributed by atoms with van der Waals surface area (Å²) in [6.07, 6.45) is 19.0. The highest BCUT2D eigenvalue weighted by Crippen LogP contribution is 2.34. The molecule has 0 bridgehead atoms. The van der Waals surface area contributed by atoms with Crippen molar-refractivity contribution in [2.75, 3.05) is 0 Å². The van der Waals surface area contributed by atoms with Crippen LogP contribution in [0.2, 0.25) is 0 Å². The van der Waals surface area contributed by atoms with Crippen LogP contribution in [0.4, 0.5) is 0 Å². The molecule has 0 radical (unpaired) electrons. The Morgan fingerprint density at radius 1 is 0.828 bits per heavy atom. The van der Waals surface area contributed by atoms with Crippen molar-refractivity contribution >= 4 is 11.8 Å². The number of benzene rings is 1. The zero-order valence-corrected chi connectivity index (χ0v) is 18.0. The summed E-state index contributed by atoms with van der Waals surface area (Å²) in [4.78, 5) is 23.7. The number of carbonyl (C=O) groups is 2. The van der Waals surface area contributed by atoms with Crippen LogP contribution in [0.1, 0.15) is 124 Å². The number of hydrogen-bond donors (Lipinski definition) is 1. The van der Waals surface area contributed by atoms with E-state index >= 15 is 0 Å². The lowest BCUT2D eigenvalue weighted by atomic mass is 9.78. The molecule has 160 valence electrons. The van der Waals surface area contributed by atoms with Crippen molar-refractivity contribution in [1.82, 2.24) is 0 Å². The summed E-state index contributed by atoms with van der Waals surface area (Å²) in [5, 5.41) is 9.06. The average molecular weight is 399 g/mol. The maximum atomic E-state index is 12.7. The van der Waals surface area contributed by atoms with Gasteiger partial charge >= 0.3 is 5.97 Å². The number of fused-ring (bicyclic) bond motifs is 1. The molecule has 3 heteroatoms. The summed E-state index contributed by atoms with van der Waals surface area (Å²) >= 11 is 0. The fourth-order valence-electron chi connectivity index (χ4n) is 5.25. The fraction of sp³-hybridized carbons (Fsp3) is 0.692. The van der Waals surface area contributed by atoms with Gasteiger partial charge in [-0.3, -0.25) is 9.59 Å². The van der Waals surface area contributed by atoms with Gasteiger partial charge in [0.15, 0.2) is 5.78 Å². The van der Waals surface area contributed by atoms with Gasteiger partial charge in [0, 0.05) is 11.5 Å². The average Bonchev–Trinajstić information content (AvgIpc) is 2.71. The summed E-state index contributed by atoms with van der Waals surface area (Å²) in [5.41, 5.74) is 3.32. The third kappa shape index (κ3) is 6.69. The molecule has 1 aromatic carbocycles. The number of aliphatic carboxylic acids is 1. The summed E-state index contributed by atoms with van der Waals surface area (Å²) in [5.74, 6) is -0.579. The third-order valence-corrected chi connectivity index (χ3v) is 7.03. The van der Waals surface area contributed by atoms with E-state index in [1.165, 1.54) is 89.0 Å². The highest BCUT2D eigenvalue weighted by atomic mass is 16.4. The molecule has 29 heavy (non-hydrogen) atoms. The summed E-state index contributed by atoms with van der Waals surface area (Å²) in [6, 6.07) is 6.43. The number of carboxylic acid groups (broad SMARTS) is 1. The molecule has 0 saturated heterocycles. The number of ketones is 1. The van der Waals surface area contributed by atoms with Crippen LogP contribution in [0.3, 0.4) is 0 Å². The van der Waals surface area contributed by atoms with Crippen LogP contribution >= 0.6 is 0 Å². The van der Waals surface area contributed by atoms with Crippen molar-refractivity contribution in [3.05, 3.63) is 34.9 Å². The largest absolute Gasteiger partial charge is 0.481 e. The van der Waals surface area contributed by atoms with Gasteiger partial charge in [0.25, 0.3) is 0 Å². The zero-order valence-electron chi connectivity index (χ0n) is 18.0. The van der Waals surface area contributed by atoms with E-state index in [1.807, 2.05) is 6.07 Å². The Morgan fingerprint density at radius 2 is 1.38 bits per heavy atom. The molecule has 1 atom stereocenters. The predicted octanol–water partition coefficient (Wildman–Crippen LogP) is 7.07. The van der Waals surface area contributed by atoms with Gasteiger partial charge in [-0.1, -0.05) is 88.8 Å². The van der Waals surface area contributed by atoms with Crippen molar-refractivity contribution in [3.8, 4) is 0 Å². The monoisotopic (exact) mass is 398 g/mol. The molecule has 1 fully saturated rings. The highest BCUT2D eigenvalue weighted by Gasteiger charge is 2.29. The molecule has 0 amide bonds. The first kappa shape index (κ1) is 22.1. The lowest BCUT2D eigenvalue weighted by Crippen LogP contribution is -2.25. The number of carboxylic acids is 1. The zero-order chi connectivity index (χ0) is 20.5. The molecule has 3 rings (SSSR count). The van der Waals surface area contributed by atoms with Crippen LogP contribution in [-0.2, 0) is 11.2 Å². The Labute approximate surface area is 176 Å². The van der Waals surface area contributed by atoms with Crippen molar-refractivity contribution in [1.29, 1.82) is 0 Å². The normalized spacial score (nSPS) is 23.2. The maximum absolute atomic E-state index is 12.7.